The predicted molar refractivity (Wildman–Crippen MR) is 126 cm³/mol. The smallest absolute Gasteiger partial charge is 0.308 e. The summed E-state index contributed by atoms with van der Waals surface area (Å²) in [5.41, 5.74) is 1.96. The van der Waals surface area contributed by atoms with E-state index in [1.54, 1.807) is 6.07 Å². The first kappa shape index (κ1) is 22.4. The minimum atomic E-state index is -0.500. The number of rotatable bonds is 6. The Hall–Kier alpha value is -2.38. The molecule has 1 aromatic carbocycles. The molecule has 1 fully saturated rings. The summed E-state index contributed by atoms with van der Waals surface area (Å²) in [4.78, 5) is 37.7. The third-order valence-corrected chi connectivity index (χ3v) is 7.84. The number of likely N-dealkylation sites (tertiary alicyclic amines) is 1. The molecule has 5 rings (SSSR count). The molecular weight excluding hydrogens is 442 g/mol. The van der Waals surface area contributed by atoms with E-state index in [2.05, 4.69) is 25.5 Å². The lowest BCUT2D eigenvalue weighted by atomic mass is 9.53. The Morgan fingerprint density at radius 2 is 2.09 bits per heavy atom. The van der Waals surface area contributed by atoms with Crippen molar-refractivity contribution < 1.29 is 28.6 Å². The van der Waals surface area contributed by atoms with Crippen molar-refractivity contribution in [2.45, 2.75) is 56.7 Å². The van der Waals surface area contributed by atoms with Crippen LogP contribution in [-0.4, -0.2) is 61.3 Å². The number of ether oxygens (including phenoxy) is 3. The second kappa shape index (κ2) is 8.44. The van der Waals surface area contributed by atoms with Gasteiger partial charge in [-0.1, -0.05) is 18.5 Å². The molecule has 2 unspecified atom stereocenters. The van der Waals surface area contributed by atoms with E-state index < -0.39 is 12.1 Å². The summed E-state index contributed by atoms with van der Waals surface area (Å²) >= 11 is 0. The molecule has 1 spiro atoms. The first-order valence-corrected chi connectivity index (χ1v) is 12.0. The lowest BCUT2D eigenvalue weighted by Crippen LogP contribution is -2.65. The fourth-order valence-electron chi connectivity index (χ4n) is 6.42. The summed E-state index contributed by atoms with van der Waals surface area (Å²) in [5.74, 6) is 0.497. The van der Waals surface area contributed by atoms with E-state index >= 15 is 0 Å². The summed E-state index contributed by atoms with van der Waals surface area (Å²) in [5, 5.41) is 2.61. The molecule has 174 valence electrons. The topological polar surface area (TPSA) is 94.2 Å². The average Bonchev–Trinajstić information content (AvgIpc) is 3.12. The van der Waals surface area contributed by atoms with Gasteiger partial charge in [-0.2, -0.15) is 0 Å². The van der Waals surface area contributed by atoms with E-state index in [0.717, 1.165) is 37.8 Å². The molecule has 1 amide bonds. The Morgan fingerprint density at radius 3 is 2.82 bits per heavy atom. The van der Waals surface area contributed by atoms with Crippen molar-refractivity contribution in [1.82, 2.24) is 9.99 Å². The molecule has 4 aliphatic rings. The zero-order chi connectivity index (χ0) is 23.3. The SMILES string of the molecule is CC(=O)Oc1ccc2c3c1O[C@H]1[C@@H](OC(C)=O)C=C[C@H]4C(C2)N(CCBC(=O)NP)CC[C@@]341. The van der Waals surface area contributed by atoms with Crippen molar-refractivity contribution in [2.24, 2.45) is 5.92 Å². The zero-order valence-corrected chi connectivity index (χ0v) is 20.0. The van der Waals surface area contributed by atoms with Gasteiger partial charge in [-0.3, -0.25) is 14.4 Å². The largest absolute Gasteiger partial charge is 0.481 e. The minimum absolute atomic E-state index is 0.0242. The highest BCUT2D eigenvalue weighted by Crippen LogP contribution is 2.62. The number of carbonyl (C=O) groups is 3. The number of nitrogens with zero attached hydrogens (tertiary/aromatic N) is 1. The van der Waals surface area contributed by atoms with Crippen molar-refractivity contribution >= 4 is 34.4 Å². The molecule has 2 aliphatic heterocycles. The summed E-state index contributed by atoms with van der Waals surface area (Å²) < 4.78 is 17.7. The van der Waals surface area contributed by atoms with Gasteiger partial charge in [-0.05, 0) is 53.0 Å². The van der Waals surface area contributed by atoms with Crippen LogP contribution in [0.3, 0.4) is 0 Å². The maximum Gasteiger partial charge on any atom is 0.308 e. The van der Waals surface area contributed by atoms with Crippen molar-refractivity contribution in [3.63, 3.8) is 0 Å². The normalized spacial score (nSPS) is 30.6. The number of carbonyl (C=O) groups excluding carboxylic acids is 3. The summed E-state index contributed by atoms with van der Waals surface area (Å²) in [7, 11) is 2.75. The van der Waals surface area contributed by atoms with Gasteiger partial charge < -0.3 is 24.2 Å². The standard InChI is InChI=1S/C23H28BN2O6P/c1-12(27)30-17-5-3-14-11-16-15-4-6-18(31-13(2)28)21-23(15,19(14)20(17)32-21)7-9-26(16)10-8-24-22(29)25-33/h3-6,15-16,18,21,24H,7-11,33H2,1-2H3,(H,25,29)/t15-,16?,18-,21-,23-/m0/s1. The number of hydrogen-bond donors (Lipinski definition) is 1. The number of piperidine rings is 1. The van der Waals surface area contributed by atoms with Crippen LogP contribution in [-0.2, 0) is 26.2 Å². The quantitative estimate of drug-likeness (QED) is 0.223. The lowest BCUT2D eigenvalue weighted by molar-refractivity contribution is -0.152. The fourth-order valence-corrected chi connectivity index (χ4v) is 6.57. The van der Waals surface area contributed by atoms with Crippen LogP contribution in [0.25, 0.3) is 0 Å². The maximum atomic E-state index is 11.8. The zero-order valence-electron chi connectivity index (χ0n) is 18.8. The Labute approximate surface area is 195 Å². The first-order valence-electron chi connectivity index (χ1n) is 11.5. The Balaban J connectivity index is 1.54. The van der Waals surface area contributed by atoms with Gasteiger partial charge in [0.25, 0.3) is 0 Å². The van der Waals surface area contributed by atoms with Gasteiger partial charge in [-0.15, -0.1) is 0 Å². The van der Waals surface area contributed by atoms with Crippen molar-refractivity contribution in [1.29, 1.82) is 0 Å². The molecule has 0 saturated carbocycles. The van der Waals surface area contributed by atoms with Crippen LogP contribution in [0.4, 0.5) is 4.79 Å². The van der Waals surface area contributed by atoms with E-state index in [1.165, 1.54) is 19.4 Å². The van der Waals surface area contributed by atoms with Crippen LogP contribution >= 0.6 is 9.39 Å². The van der Waals surface area contributed by atoms with Gasteiger partial charge in [-0.25, -0.2) is 0 Å². The Morgan fingerprint density at radius 1 is 1.27 bits per heavy atom. The number of benzene rings is 1. The second-order valence-electron chi connectivity index (χ2n) is 9.31. The summed E-state index contributed by atoms with van der Waals surface area (Å²) in [6.07, 6.45) is 5.75. The van der Waals surface area contributed by atoms with Gasteiger partial charge >= 0.3 is 11.9 Å². The van der Waals surface area contributed by atoms with E-state index in [-0.39, 0.29) is 35.3 Å². The number of nitrogens with one attached hydrogen (secondary N) is 1. The lowest BCUT2D eigenvalue weighted by Gasteiger charge is -2.57. The third-order valence-electron chi connectivity index (χ3n) is 7.52. The van der Waals surface area contributed by atoms with Crippen LogP contribution in [0.5, 0.6) is 11.5 Å². The molecule has 2 aliphatic carbocycles. The molecule has 8 nitrogen and oxygen atoms in total. The van der Waals surface area contributed by atoms with Gasteiger partial charge in [0.05, 0.1) is 0 Å². The van der Waals surface area contributed by atoms with Gasteiger partial charge in [0, 0.05) is 36.8 Å². The van der Waals surface area contributed by atoms with Gasteiger partial charge in [0.2, 0.25) is 7.28 Å². The first-order chi connectivity index (χ1) is 15.8. The number of esters is 2. The number of amides is 1. The molecule has 0 radical (unpaired) electrons. The van der Waals surface area contributed by atoms with E-state index in [0.29, 0.717) is 18.8 Å². The van der Waals surface area contributed by atoms with Crippen LogP contribution in [0, 0.1) is 5.92 Å². The average molecular weight is 470 g/mol. The Bertz CT molecular complexity index is 1050. The molecule has 1 aromatic rings. The fraction of sp³-hybridized carbons (Fsp3) is 0.522. The van der Waals surface area contributed by atoms with Gasteiger partial charge in [0.15, 0.2) is 23.4 Å². The maximum absolute atomic E-state index is 11.8. The van der Waals surface area contributed by atoms with Crippen LogP contribution in [0.2, 0.25) is 6.32 Å². The molecule has 2 bridgehead atoms. The summed E-state index contributed by atoms with van der Waals surface area (Å²) in [6, 6.07) is 4.11. The molecule has 10 heteroatoms. The van der Waals surface area contributed by atoms with Gasteiger partial charge in [0.1, 0.15) is 6.10 Å². The molecule has 2 heterocycles. The second-order valence-corrected chi connectivity index (χ2v) is 9.60. The highest BCUT2D eigenvalue weighted by Gasteiger charge is 2.65. The summed E-state index contributed by atoms with van der Waals surface area (Å²) in [6.45, 7) is 4.49. The minimum Gasteiger partial charge on any atom is -0.481 e. The third kappa shape index (κ3) is 3.57. The molecule has 6 atom stereocenters. The van der Waals surface area contributed by atoms with E-state index in [4.69, 9.17) is 14.2 Å². The van der Waals surface area contributed by atoms with Crippen LogP contribution < -0.4 is 14.6 Å². The highest BCUT2D eigenvalue weighted by molar-refractivity contribution is 7.16. The van der Waals surface area contributed by atoms with Crippen LogP contribution in [0.1, 0.15) is 31.4 Å². The van der Waals surface area contributed by atoms with Crippen molar-refractivity contribution in [3.8, 4) is 11.5 Å². The number of hydrogen-bond acceptors (Lipinski definition) is 7. The predicted octanol–water partition coefficient (Wildman–Crippen LogP) is 1.71. The monoisotopic (exact) mass is 470 g/mol. The highest BCUT2D eigenvalue weighted by atomic mass is 31.0. The molecule has 33 heavy (non-hydrogen) atoms. The molecule has 1 N–H and O–H groups in total. The van der Waals surface area contributed by atoms with Crippen molar-refractivity contribution in [3.05, 3.63) is 35.4 Å². The molecule has 0 aromatic heterocycles. The van der Waals surface area contributed by atoms with E-state index in [1.807, 2.05) is 12.1 Å². The van der Waals surface area contributed by atoms with Crippen LogP contribution in [0.15, 0.2) is 24.3 Å². The Kier molecular flexibility index (Phi) is 5.73. The van der Waals surface area contributed by atoms with E-state index in [9.17, 15) is 14.4 Å². The van der Waals surface area contributed by atoms with Crippen molar-refractivity contribution in [2.75, 3.05) is 13.1 Å². The molecule has 1 saturated heterocycles. The molecular formula is C23H28BN2O6P.